The first-order chi connectivity index (χ1) is 8.27. The highest BCUT2D eigenvalue weighted by Gasteiger charge is 2.18. The fourth-order valence-corrected chi connectivity index (χ4v) is 2.46. The SMILES string of the molecule is CCNC(=NCCCSC)N1CCC(C)CC1. The van der Waals surface area contributed by atoms with Crippen molar-refractivity contribution >= 4 is 17.7 Å². The fraction of sp³-hybridized carbons (Fsp3) is 0.923. The van der Waals surface area contributed by atoms with Crippen LogP contribution in [0, 0.1) is 5.92 Å². The van der Waals surface area contributed by atoms with Crippen molar-refractivity contribution in [1.82, 2.24) is 10.2 Å². The van der Waals surface area contributed by atoms with Crippen molar-refractivity contribution in [3.63, 3.8) is 0 Å². The Morgan fingerprint density at radius 2 is 2.12 bits per heavy atom. The van der Waals surface area contributed by atoms with Crippen LogP contribution in [0.1, 0.15) is 33.1 Å². The van der Waals surface area contributed by atoms with E-state index in [1.807, 2.05) is 11.8 Å². The van der Waals surface area contributed by atoms with Crippen molar-refractivity contribution in [2.24, 2.45) is 10.9 Å². The average Bonchev–Trinajstić information content (AvgIpc) is 2.34. The van der Waals surface area contributed by atoms with Gasteiger partial charge in [0.05, 0.1) is 0 Å². The second-order valence-electron chi connectivity index (χ2n) is 4.75. The Kier molecular flexibility index (Phi) is 7.49. The number of thioether (sulfide) groups is 1. The summed E-state index contributed by atoms with van der Waals surface area (Å²) in [6.07, 6.45) is 5.94. The highest BCUT2D eigenvalue weighted by molar-refractivity contribution is 7.98. The summed E-state index contributed by atoms with van der Waals surface area (Å²) in [4.78, 5) is 7.14. The van der Waals surface area contributed by atoms with E-state index in [0.29, 0.717) is 0 Å². The zero-order chi connectivity index (χ0) is 12.5. The van der Waals surface area contributed by atoms with E-state index in [9.17, 15) is 0 Å². The quantitative estimate of drug-likeness (QED) is 0.466. The number of guanidine groups is 1. The summed E-state index contributed by atoms with van der Waals surface area (Å²) in [6.45, 7) is 8.73. The van der Waals surface area contributed by atoms with Crippen LogP contribution in [0.3, 0.4) is 0 Å². The van der Waals surface area contributed by atoms with E-state index in [1.54, 1.807) is 0 Å². The number of rotatable bonds is 5. The van der Waals surface area contributed by atoms with E-state index in [0.717, 1.165) is 38.1 Å². The molecule has 0 atom stereocenters. The van der Waals surface area contributed by atoms with Gasteiger partial charge in [-0.2, -0.15) is 11.8 Å². The molecule has 0 aliphatic carbocycles. The molecule has 3 nitrogen and oxygen atoms in total. The minimum Gasteiger partial charge on any atom is -0.357 e. The Labute approximate surface area is 110 Å². The van der Waals surface area contributed by atoms with Gasteiger partial charge in [0.1, 0.15) is 0 Å². The lowest BCUT2D eigenvalue weighted by atomic mass is 10.00. The highest BCUT2D eigenvalue weighted by Crippen LogP contribution is 2.15. The Hall–Kier alpha value is -0.380. The molecular formula is C13H27N3S. The summed E-state index contributed by atoms with van der Waals surface area (Å²) in [7, 11) is 0. The molecule has 0 spiro atoms. The van der Waals surface area contributed by atoms with Crippen molar-refractivity contribution in [3.8, 4) is 0 Å². The number of nitrogens with zero attached hydrogens (tertiary/aromatic N) is 2. The third kappa shape index (κ3) is 5.66. The standard InChI is InChI=1S/C13H27N3S/c1-4-14-13(15-8-5-11-17-3)16-9-6-12(2)7-10-16/h12H,4-11H2,1-3H3,(H,14,15). The minimum absolute atomic E-state index is 0.880. The number of likely N-dealkylation sites (tertiary alicyclic amines) is 1. The maximum atomic E-state index is 4.72. The van der Waals surface area contributed by atoms with Crippen LogP contribution in [-0.2, 0) is 0 Å². The molecule has 1 fully saturated rings. The fourth-order valence-electron chi connectivity index (χ4n) is 2.04. The van der Waals surface area contributed by atoms with E-state index in [4.69, 9.17) is 4.99 Å². The molecule has 0 radical (unpaired) electrons. The molecule has 17 heavy (non-hydrogen) atoms. The molecule has 100 valence electrons. The van der Waals surface area contributed by atoms with Crippen molar-refractivity contribution in [3.05, 3.63) is 0 Å². The third-order valence-electron chi connectivity index (χ3n) is 3.19. The van der Waals surface area contributed by atoms with E-state index in [2.05, 4.69) is 30.3 Å². The zero-order valence-electron chi connectivity index (χ0n) is 11.5. The maximum Gasteiger partial charge on any atom is 0.193 e. The first-order valence-corrected chi connectivity index (χ1v) is 8.19. The molecule has 0 aromatic rings. The molecule has 0 bridgehead atoms. The molecule has 1 heterocycles. The number of nitrogens with one attached hydrogen (secondary N) is 1. The lowest BCUT2D eigenvalue weighted by Gasteiger charge is -2.33. The van der Waals surface area contributed by atoms with Crippen molar-refractivity contribution in [2.45, 2.75) is 33.1 Å². The summed E-state index contributed by atoms with van der Waals surface area (Å²) >= 11 is 1.90. The van der Waals surface area contributed by atoms with Gasteiger partial charge in [-0.1, -0.05) is 6.92 Å². The Bertz CT molecular complexity index is 223. The molecule has 0 saturated carbocycles. The lowest BCUT2D eigenvalue weighted by Crippen LogP contribution is -2.45. The maximum absolute atomic E-state index is 4.72. The zero-order valence-corrected chi connectivity index (χ0v) is 12.4. The van der Waals surface area contributed by atoms with E-state index in [1.165, 1.54) is 25.0 Å². The molecule has 0 aromatic heterocycles. The highest BCUT2D eigenvalue weighted by atomic mass is 32.2. The van der Waals surface area contributed by atoms with Crippen LogP contribution in [-0.4, -0.2) is 49.0 Å². The summed E-state index contributed by atoms with van der Waals surface area (Å²) < 4.78 is 0. The second kappa shape index (κ2) is 8.67. The molecular weight excluding hydrogens is 230 g/mol. The van der Waals surface area contributed by atoms with Gasteiger partial charge < -0.3 is 10.2 Å². The van der Waals surface area contributed by atoms with Crippen molar-refractivity contribution < 1.29 is 0 Å². The Morgan fingerprint density at radius 3 is 2.71 bits per heavy atom. The molecule has 1 rings (SSSR count). The number of hydrogen-bond acceptors (Lipinski definition) is 2. The van der Waals surface area contributed by atoms with Gasteiger partial charge in [0.25, 0.3) is 0 Å². The van der Waals surface area contributed by atoms with Gasteiger partial charge in [-0.3, -0.25) is 4.99 Å². The molecule has 1 saturated heterocycles. The lowest BCUT2D eigenvalue weighted by molar-refractivity contribution is 0.273. The average molecular weight is 257 g/mol. The predicted molar refractivity (Wildman–Crippen MR) is 78.9 cm³/mol. The van der Waals surface area contributed by atoms with Gasteiger partial charge >= 0.3 is 0 Å². The number of aliphatic imine (C=N–C) groups is 1. The van der Waals surface area contributed by atoms with Gasteiger partial charge in [-0.05, 0) is 44.1 Å². The molecule has 1 aliphatic rings. The van der Waals surface area contributed by atoms with Crippen LogP contribution in [0.2, 0.25) is 0 Å². The Balaban J connectivity index is 2.40. The summed E-state index contributed by atoms with van der Waals surface area (Å²) in [5, 5.41) is 3.41. The van der Waals surface area contributed by atoms with Crippen molar-refractivity contribution in [2.75, 3.05) is 38.2 Å². The normalized spacial score (nSPS) is 18.5. The van der Waals surface area contributed by atoms with E-state index in [-0.39, 0.29) is 0 Å². The number of hydrogen-bond donors (Lipinski definition) is 1. The minimum atomic E-state index is 0.880. The third-order valence-corrected chi connectivity index (χ3v) is 3.88. The summed E-state index contributed by atoms with van der Waals surface area (Å²) in [6, 6.07) is 0. The smallest absolute Gasteiger partial charge is 0.193 e. The molecule has 1 aliphatic heterocycles. The summed E-state index contributed by atoms with van der Waals surface area (Å²) in [5.74, 6) is 3.21. The molecule has 0 amide bonds. The molecule has 0 unspecified atom stereocenters. The number of piperidine rings is 1. The largest absolute Gasteiger partial charge is 0.357 e. The van der Waals surface area contributed by atoms with E-state index >= 15 is 0 Å². The van der Waals surface area contributed by atoms with Crippen LogP contribution in [0.5, 0.6) is 0 Å². The summed E-state index contributed by atoms with van der Waals surface area (Å²) in [5.41, 5.74) is 0. The Morgan fingerprint density at radius 1 is 1.41 bits per heavy atom. The monoisotopic (exact) mass is 257 g/mol. The first kappa shape index (κ1) is 14.7. The van der Waals surface area contributed by atoms with Crippen LogP contribution in [0.15, 0.2) is 4.99 Å². The van der Waals surface area contributed by atoms with Gasteiger partial charge in [0, 0.05) is 26.2 Å². The van der Waals surface area contributed by atoms with Crippen LogP contribution < -0.4 is 5.32 Å². The van der Waals surface area contributed by atoms with Gasteiger partial charge in [-0.15, -0.1) is 0 Å². The van der Waals surface area contributed by atoms with Crippen LogP contribution in [0.25, 0.3) is 0 Å². The second-order valence-corrected chi connectivity index (χ2v) is 5.74. The molecule has 1 N–H and O–H groups in total. The van der Waals surface area contributed by atoms with Crippen molar-refractivity contribution in [1.29, 1.82) is 0 Å². The van der Waals surface area contributed by atoms with E-state index < -0.39 is 0 Å². The predicted octanol–water partition coefficient (Wildman–Crippen LogP) is 2.44. The van der Waals surface area contributed by atoms with Crippen LogP contribution >= 0.6 is 11.8 Å². The van der Waals surface area contributed by atoms with Crippen LogP contribution in [0.4, 0.5) is 0 Å². The topological polar surface area (TPSA) is 27.6 Å². The van der Waals surface area contributed by atoms with Gasteiger partial charge in [0.2, 0.25) is 0 Å². The van der Waals surface area contributed by atoms with Gasteiger partial charge in [-0.25, -0.2) is 0 Å². The van der Waals surface area contributed by atoms with Gasteiger partial charge in [0.15, 0.2) is 5.96 Å². The molecule has 4 heteroatoms. The first-order valence-electron chi connectivity index (χ1n) is 6.80. The molecule has 0 aromatic carbocycles.